The van der Waals surface area contributed by atoms with Gasteiger partial charge in [0, 0.05) is 18.3 Å². The van der Waals surface area contributed by atoms with Crippen LogP contribution in [0.1, 0.15) is 16.8 Å². The zero-order valence-corrected chi connectivity index (χ0v) is 13.5. The van der Waals surface area contributed by atoms with Crippen LogP contribution in [0.3, 0.4) is 0 Å². The van der Waals surface area contributed by atoms with Crippen molar-refractivity contribution in [3.8, 4) is 5.75 Å². The molecular formula is C17H19N3O4. The monoisotopic (exact) mass is 329 g/mol. The van der Waals surface area contributed by atoms with Crippen molar-refractivity contribution >= 4 is 12.0 Å². The van der Waals surface area contributed by atoms with E-state index in [9.17, 15) is 14.4 Å². The molecule has 0 fully saturated rings. The molecule has 24 heavy (non-hydrogen) atoms. The summed E-state index contributed by atoms with van der Waals surface area (Å²) in [5, 5.41) is 2.74. The average molecular weight is 329 g/mol. The Kier molecular flexibility index (Phi) is 5.73. The molecule has 0 aliphatic heterocycles. The molecule has 7 nitrogen and oxygen atoms in total. The van der Waals surface area contributed by atoms with Crippen LogP contribution in [0.5, 0.6) is 5.75 Å². The first-order chi connectivity index (χ1) is 11.5. The van der Waals surface area contributed by atoms with Gasteiger partial charge in [0.05, 0.1) is 12.7 Å². The quantitative estimate of drug-likeness (QED) is 0.680. The smallest absolute Gasteiger partial charge is 0.325 e. The summed E-state index contributed by atoms with van der Waals surface area (Å²) in [7, 11) is 1.61. The molecular weight excluding hydrogens is 310 g/mol. The highest BCUT2D eigenvalue weighted by Crippen LogP contribution is 2.11. The third-order valence-corrected chi connectivity index (χ3v) is 3.45. The first-order valence-corrected chi connectivity index (χ1v) is 7.41. The lowest BCUT2D eigenvalue weighted by molar-refractivity contribution is -0.116. The predicted octanol–water partition coefficient (Wildman–Crippen LogP) is 0.752. The van der Waals surface area contributed by atoms with Gasteiger partial charge in [-0.05, 0) is 37.1 Å². The topological polar surface area (TPSA) is 104 Å². The van der Waals surface area contributed by atoms with Crippen molar-refractivity contribution in [2.24, 2.45) is 0 Å². The lowest BCUT2D eigenvalue weighted by atomic mass is 10.1. The van der Waals surface area contributed by atoms with Crippen molar-refractivity contribution in [3.05, 3.63) is 68.0 Å². The van der Waals surface area contributed by atoms with Crippen LogP contribution >= 0.6 is 0 Å². The number of aryl methyl sites for hydroxylation is 1. The lowest BCUT2D eigenvalue weighted by Gasteiger charge is -2.04. The fraction of sp³-hybridized carbons (Fsp3) is 0.235. The number of hydrogen-bond donors (Lipinski definition) is 3. The third-order valence-electron chi connectivity index (χ3n) is 3.45. The fourth-order valence-electron chi connectivity index (χ4n) is 2.15. The first-order valence-electron chi connectivity index (χ1n) is 7.41. The largest absolute Gasteiger partial charge is 0.497 e. The first kappa shape index (κ1) is 17.3. The summed E-state index contributed by atoms with van der Waals surface area (Å²) < 4.78 is 5.08. The number of aromatic amines is 2. The molecule has 0 saturated carbocycles. The van der Waals surface area contributed by atoms with E-state index in [2.05, 4.69) is 15.3 Å². The van der Waals surface area contributed by atoms with Gasteiger partial charge in [0.2, 0.25) is 5.91 Å². The number of hydrogen-bond acceptors (Lipinski definition) is 4. The second kappa shape index (κ2) is 7.96. The summed E-state index contributed by atoms with van der Waals surface area (Å²) in [4.78, 5) is 39.1. The van der Waals surface area contributed by atoms with E-state index < -0.39 is 11.2 Å². The van der Waals surface area contributed by atoms with Crippen molar-refractivity contribution in [1.82, 2.24) is 15.3 Å². The van der Waals surface area contributed by atoms with E-state index in [0.29, 0.717) is 18.7 Å². The van der Waals surface area contributed by atoms with Gasteiger partial charge in [-0.1, -0.05) is 12.1 Å². The van der Waals surface area contributed by atoms with E-state index in [4.69, 9.17) is 4.74 Å². The average Bonchev–Trinajstić information content (AvgIpc) is 2.54. The van der Waals surface area contributed by atoms with Gasteiger partial charge in [-0.15, -0.1) is 0 Å². The number of benzene rings is 1. The highest BCUT2D eigenvalue weighted by molar-refractivity contribution is 5.91. The number of carbonyl (C=O) groups excluding carboxylic acids is 1. The molecule has 0 atom stereocenters. The van der Waals surface area contributed by atoms with Crippen LogP contribution in [-0.4, -0.2) is 29.5 Å². The molecule has 3 N–H and O–H groups in total. The maximum absolute atomic E-state index is 11.8. The Balaban J connectivity index is 1.89. The molecule has 7 heteroatoms. The zero-order valence-electron chi connectivity index (χ0n) is 13.5. The van der Waals surface area contributed by atoms with Crippen LogP contribution in [-0.2, 0) is 11.2 Å². The fourth-order valence-corrected chi connectivity index (χ4v) is 2.15. The number of rotatable bonds is 6. The molecule has 1 aromatic heterocycles. The summed E-state index contributed by atoms with van der Waals surface area (Å²) >= 11 is 0. The number of carbonyl (C=O) groups is 1. The summed E-state index contributed by atoms with van der Waals surface area (Å²) in [6.07, 6.45) is 3.33. The molecule has 0 radical (unpaired) electrons. The van der Waals surface area contributed by atoms with Gasteiger partial charge in [0.25, 0.3) is 5.56 Å². The Labute approximate surface area is 138 Å². The molecule has 1 aromatic carbocycles. The molecule has 0 spiro atoms. The predicted molar refractivity (Wildman–Crippen MR) is 91.2 cm³/mol. The van der Waals surface area contributed by atoms with Gasteiger partial charge in [0.15, 0.2) is 0 Å². The van der Waals surface area contributed by atoms with Crippen molar-refractivity contribution in [1.29, 1.82) is 0 Å². The zero-order chi connectivity index (χ0) is 17.5. The Bertz CT molecular complexity index is 847. The lowest BCUT2D eigenvalue weighted by Crippen LogP contribution is -2.26. The minimum absolute atomic E-state index is 0.250. The molecule has 0 saturated heterocycles. The van der Waals surface area contributed by atoms with Crippen molar-refractivity contribution in [3.63, 3.8) is 0 Å². The normalized spacial score (nSPS) is 10.8. The molecule has 2 rings (SSSR count). The van der Waals surface area contributed by atoms with E-state index in [1.54, 1.807) is 14.0 Å². The second-order valence-electron chi connectivity index (χ2n) is 5.17. The molecule has 126 valence electrons. The number of nitrogens with one attached hydrogen (secondary N) is 3. The van der Waals surface area contributed by atoms with Gasteiger partial charge in [-0.2, -0.15) is 0 Å². The van der Waals surface area contributed by atoms with E-state index in [-0.39, 0.29) is 11.5 Å². The van der Waals surface area contributed by atoms with Gasteiger partial charge in [-0.25, -0.2) is 4.79 Å². The second-order valence-corrected chi connectivity index (χ2v) is 5.17. The molecule has 2 aromatic rings. The molecule has 0 aliphatic rings. The summed E-state index contributed by atoms with van der Waals surface area (Å²) in [6, 6.07) is 7.60. The third kappa shape index (κ3) is 4.70. The Morgan fingerprint density at radius 1 is 1.21 bits per heavy atom. The van der Waals surface area contributed by atoms with Crippen LogP contribution in [0.4, 0.5) is 0 Å². The maximum atomic E-state index is 11.8. The van der Waals surface area contributed by atoms with E-state index in [0.717, 1.165) is 11.3 Å². The van der Waals surface area contributed by atoms with E-state index in [1.807, 2.05) is 24.3 Å². The Morgan fingerprint density at radius 2 is 1.92 bits per heavy atom. The molecule has 0 unspecified atom stereocenters. The number of aromatic nitrogens is 2. The summed E-state index contributed by atoms with van der Waals surface area (Å²) in [5.74, 6) is 0.473. The highest BCUT2D eigenvalue weighted by atomic mass is 16.5. The maximum Gasteiger partial charge on any atom is 0.325 e. The molecule has 1 amide bonds. The molecule has 1 heterocycles. The van der Waals surface area contributed by atoms with E-state index >= 15 is 0 Å². The van der Waals surface area contributed by atoms with Crippen LogP contribution in [0.15, 0.2) is 39.9 Å². The van der Waals surface area contributed by atoms with E-state index in [1.165, 1.54) is 12.2 Å². The van der Waals surface area contributed by atoms with Crippen molar-refractivity contribution < 1.29 is 9.53 Å². The summed E-state index contributed by atoms with van der Waals surface area (Å²) in [5.41, 5.74) is 0.635. The van der Waals surface area contributed by atoms with Gasteiger partial charge >= 0.3 is 5.69 Å². The number of ether oxygens (including phenoxy) is 1. The highest BCUT2D eigenvalue weighted by Gasteiger charge is 2.03. The van der Waals surface area contributed by atoms with Crippen LogP contribution in [0.2, 0.25) is 0 Å². The standard InChI is InChI=1S/C17H19N3O4/c1-11-14(16(22)20-17(23)19-11)7-8-15(21)18-10-9-12-3-5-13(24-2)6-4-12/h3-8H,9-10H2,1-2H3,(H,18,21)(H2,19,20,22,23)/b8-7+. The van der Waals surface area contributed by atoms with Gasteiger partial charge < -0.3 is 15.0 Å². The van der Waals surface area contributed by atoms with Crippen molar-refractivity contribution in [2.75, 3.05) is 13.7 Å². The Morgan fingerprint density at radius 3 is 2.54 bits per heavy atom. The number of methoxy groups -OCH3 is 1. The van der Waals surface area contributed by atoms with Crippen molar-refractivity contribution in [2.45, 2.75) is 13.3 Å². The van der Waals surface area contributed by atoms with Crippen LogP contribution in [0, 0.1) is 6.92 Å². The van der Waals surface area contributed by atoms with Gasteiger partial charge in [-0.3, -0.25) is 14.6 Å². The SMILES string of the molecule is COc1ccc(CCNC(=O)/C=C/c2c(C)[nH]c(=O)[nH]c2=O)cc1. The summed E-state index contributed by atoms with van der Waals surface area (Å²) in [6.45, 7) is 2.06. The Hall–Kier alpha value is -3.09. The van der Waals surface area contributed by atoms with Crippen LogP contribution < -0.4 is 21.3 Å². The number of H-pyrrole nitrogens is 2. The minimum atomic E-state index is -0.571. The molecule has 0 bridgehead atoms. The van der Waals surface area contributed by atoms with Crippen LogP contribution in [0.25, 0.3) is 6.08 Å². The number of amides is 1. The molecule has 0 aliphatic carbocycles. The minimum Gasteiger partial charge on any atom is -0.497 e. The van der Waals surface area contributed by atoms with Gasteiger partial charge in [0.1, 0.15) is 5.75 Å².